The molecule has 0 saturated carbocycles. The van der Waals surface area contributed by atoms with E-state index >= 15 is 0 Å². The van der Waals surface area contributed by atoms with E-state index in [0.29, 0.717) is 0 Å². The second-order valence-corrected chi connectivity index (χ2v) is 5.52. The molecule has 1 atom stereocenters. The summed E-state index contributed by atoms with van der Waals surface area (Å²) in [5, 5.41) is 2.93. The highest BCUT2D eigenvalue weighted by atomic mass is 16.5. The number of nitrogens with one attached hydrogen (secondary N) is 1. The van der Waals surface area contributed by atoms with Crippen LogP contribution in [0.25, 0.3) is 0 Å². The molecule has 2 rings (SSSR count). The third-order valence-corrected chi connectivity index (χ3v) is 3.90. The van der Waals surface area contributed by atoms with Gasteiger partial charge in [-0.15, -0.1) is 0 Å². The minimum atomic E-state index is -0.163. The molecule has 2 aromatic carbocycles. The number of hydrogen-bond acceptors (Lipinski definition) is 3. The Morgan fingerprint density at radius 3 is 2.52 bits per heavy atom. The van der Waals surface area contributed by atoms with Crippen LogP contribution in [0.3, 0.4) is 0 Å². The molecule has 0 saturated heterocycles. The molecule has 2 aromatic rings. The second-order valence-electron chi connectivity index (χ2n) is 5.52. The fourth-order valence-electron chi connectivity index (χ4n) is 2.41. The fraction of sp³-hybridized carbons (Fsp3) is 0.316. The lowest BCUT2D eigenvalue weighted by Gasteiger charge is -2.17. The van der Waals surface area contributed by atoms with Crippen molar-refractivity contribution in [3.8, 4) is 11.5 Å². The Morgan fingerprint density at radius 2 is 1.78 bits per heavy atom. The molecule has 1 amide bonds. The summed E-state index contributed by atoms with van der Waals surface area (Å²) in [5.41, 5.74) is 3.14. The Balaban J connectivity index is 1.95. The average Bonchev–Trinajstić information content (AvgIpc) is 2.56. The van der Waals surface area contributed by atoms with E-state index < -0.39 is 0 Å². The van der Waals surface area contributed by atoms with Crippen LogP contribution in [0.4, 0.5) is 0 Å². The van der Waals surface area contributed by atoms with Gasteiger partial charge in [0.05, 0.1) is 13.2 Å². The van der Waals surface area contributed by atoms with Gasteiger partial charge < -0.3 is 14.8 Å². The first-order valence-corrected chi connectivity index (χ1v) is 7.64. The number of carbonyl (C=O) groups is 1. The van der Waals surface area contributed by atoms with Crippen molar-refractivity contribution in [2.24, 2.45) is 0 Å². The first-order valence-electron chi connectivity index (χ1n) is 7.64. The Hall–Kier alpha value is -2.49. The quantitative estimate of drug-likeness (QED) is 0.887. The molecular formula is C19H23NO3. The van der Waals surface area contributed by atoms with Gasteiger partial charge in [0, 0.05) is 5.56 Å². The van der Waals surface area contributed by atoms with Crippen LogP contribution in [-0.2, 0) is 4.79 Å². The van der Waals surface area contributed by atoms with Gasteiger partial charge in [0.1, 0.15) is 11.5 Å². The van der Waals surface area contributed by atoms with Gasteiger partial charge in [-0.3, -0.25) is 4.79 Å². The second kappa shape index (κ2) is 7.68. The normalized spacial score (nSPS) is 11.7. The van der Waals surface area contributed by atoms with Crippen LogP contribution in [0, 0.1) is 13.8 Å². The van der Waals surface area contributed by atoms with E-state index in [-0.39, 0.29) is 18.6 Å². The first kappa shape index (κ1) is 16.9. The molecule has 23 heavy (non-hydrogen) atoms. The molecule has 0 radical (unpaired) electrons. The van der Waals surface area contributed by atoms with Gasteiger partial charge in [-0.2, -0.15) is 0 Å². The smallest absolute Gasteiger partial charge is 0.258 e. The number of para-hydroxylation sites is 1. The minimum Gasteiger partial charge on any atom is -0.496 e. The highest BCUT2D eigenvalue weighted by Gasteiger charge is 2.14. The Kier molecular flexibility index (Phi) is 5.63. The maximum Gasteiger partial charge on any atom is 0.258 e. The summed E-state index contributed by atoms with van der Waals surface area (Å²) in [7, 11) is 1.62. The van der Waals surface area contributed by atoms with Crippen molar-refractivity contribution < 1.29 is 14.3 Å². The molecule has 0 aliphatic rings. The molecule has 0 aliphatic heterocycles. The number of carbonyl (C=O) groups excluding carboxylic acids is 1. The van der Waals surface area contributed by atoms with Crippen molar-refractivity contribution in [1.29, 1.82) is 0 Å². The van der Waals surface area contributed by atoms with Crippen molar-refractivity contribution in [2.45, 2.75) is 26.8 Å². The maximum absolute atomic E-state index is 12.1. The summed E-state index contributed by atoms with van der Waals surface area (Å²) in [6.07, 6.45) is 0. The molecular weight excluding hydrogens is 290 g/mol. The van der Waals surface area contributed by atoms with E-state index in [4.69, 9.17) is 9.47 Å². The predicted octanol–water partition coefficient (Wildman–Crippen LogP) is 3.57. The molecule has 0 spiro atoms. The third-order valence-electron chi connectivity index (χ3n) is 3.90. The lowest BCUT2D eigenvalue weighted by molar-refractivity contribution is -0.123. The molecule has 122 valence electrons. The number of ether oxygens (including phenoxy) is 2. The predicted molar refractivity (Wildman–Crippen MR) is 91.0 cm³/mol. The van der Waals surface area contributed by atoms with Crippen LogP contribution < -0.4 is 14.8 Å². The van der Waals surface area contributed by atoms with Gasteiger partial charge in [-0.1, -0.05) is 30.3 Å². The van der Waals surface area contributed by atoms with Gasteiger partial charge in [-0.25, -0.2) is 0 Å². The lowest BCUT2D eigenvalue weighted by Crippen LogP contribution is -2.31. The van der Waals surface area contributed by atoms with E-state index in [1.54, 1.807) is 7.11 Å². The maximum atomic E-state index is 12.1. The molecule has 0 aliphatic carbocycles. The van der Waals surface area contributed by atoms with Gasteiger partial charge in [-0.05, 0) is 44.0 Å². The number of rotatable bonds is 6. The van der Waals surface area contributed by atoms with Crippen molar-refractivity contribution in [3.05, 3.63) is 59.2 Å². The Morgan fingerprint density at radius 1 is 1.09 bits per heavy atom. The first-order chi connectivity index (χ1) is 11.0. The zero-order valence-corrected chi connectivity index (χ0v) is 14.1. The van der Waals surface area contributed by atoms with E-state index in [1.165, 1.54) is 0 Å². The van der Waals surface area contributed by atoms with Crippen molar-refractivity contribution in [1.82, 2.24) is 5.32 Å². The fourth-order valence-corrected chi connectivity index (χ4v) is 2.41. The molecule has 0 unspecified atom stereocenters. The average molecular weight is 313 g/mol. The SMILES string of the molecule is COc1ccccc1[C@@H](C)NC(=O)COc1cccc(C)c1C. The molecule has 0 bridgehead atoms. The van der Waals surface area contributed by atoms with E-state index in [0.717, 1.165) is 28.2 Å². The zero-order chi connectivity index (χ0) is 16.8. The van der Waals surface area contributed by atoms with Crippen LogP contribution in [0.2, 0.25) is 0 Å². The van der Waals surface area contributed by atoms with Gasteiger partial charge >= 0.3 is 0 Å². The summed E-state index contributed by atoms with van der Waals surface area (Å²) in [5.74, 6) is 1.34. The summed E-state index contributed by atoms with van der Waals surface area (Å²) in [4.78, 5) is 12.1. The van der Waals surface area contributed by atoms with Gasteiger partial charge in [0.2, 0.25) is 0 Å². The zero-order valence-electron chi connectivity index (χ0n) is 14.1. The monoisotopic (exact) mass is 313 g/mol. The molecule has 0 aromatic heterocycles. The number of methoxy groups -OCH3 is 1. The topological polar surface area (TPSA) is 47.6 Å². The van der Waals surface area contributed by atoms with Gasteiger partial charge in [0.15, 0.2) is 6.61 Å². The van der Waals surface area contributed by atoms with Crippen LogP contribution in [-0.4, -0.2) is 19.6 Å². The van der Waals surface area contributed by atoms with Crippen LogP contribution in [0.5, 0.6) is 11.5 Å². The van der Waals surface area contributed by atoms with Crippen molar-refractivity contribution in [2.75, 3.05) is 13.7 Å². The van der Waals surface area contributed by atoms with Crippen LogP contribution >= 0.6 is 0 Å². The standard InChI is InChI=1S/C19H23NO3/c1-13-8-7-11-17(14(13)2)23-12-19(21)20-15(3)16-9-5-6-10-18(16)22-4/h5-11,15H,12H2,1-4H3,(H,20,21)/t15-/m1/s1. The van der Waals surface area contributed by atoms with Crippen LogP contribution in [0.15, 0.2) is 42.5 Å². The van der Waals surface area contributed by atoms with Gasteiger partial charge in [0.25, 0.3) is 5.91 Å². The summed E-state index contributed by atoms with van der Waals surface area (Å²) < 4.78 is 11.0. The number of amides is 1. The van der Waals surface area contributed by atoms with E-state index in [1.807, 2.05) is 63.2 Å². The third kappa shape index (κ3) is 4.25. The lowest BCUT2D eigenvalue weighted by atomic mass is 10.1. The molecule has 0 heterocycles. The largest absolute Gasteiger partial charge is 0.496 e. The molecule has 1 N–H and O–H groups in total. The number of aryl methyl sites for hydroxylation is 1. The van der Waals surface area contributed by atoms with E-state index in [9.17, 15) is 4.79 Å². The highest BCUT2D eigenvalue weighted by molar-refractivity contribution is 5.78. The Bertz CT molecular complexity index is 682. The minimum absolute atomic E-state index is 0.0101. The Labute approximate surface area is 137 Å². The molecule has 0 fully saturated rings. The summed E-state index contributed by atoms with van der Waals surface area (Å²) >= 11 is 0. The molecule has 4 heteroatoms. The summed E-state index contributed by atoms with van der Waals surface area (Å²) in [6, 6.07) is 13.3. The van der Waals surface area contributed by atoms with E-state index in [2.05, 4.69) is 5.32 Å². The van der Waals surface area contributed by atoms with Crippen LogP contribution in [0.1, 0.15) is 29.7 Å². The highest BCUT2D eigenvalue weighted by Crippen LogP contribution is 2.24. The van der Waals surface area contributed by atoms with Crippen molar-refractivity contribution >= 4 is 5.91 Å². The summed E-state index contributed by atoms with van der Waals surface area (Å²) in [6.45, 7) is 5.92. The van der Waals surface area contributed by atoms with Crippen molar-refractivity contribution in [3.63, 3.8) is 0 Å². The molecule has 4 nitrogen and oxygen atoms in total. The number of benzene rings is 2. The number of hydrogen-bond donors (Lipinski definition) is 1.